The van der Waals surface area contributed by atoms with Crippen LogP contribution in [-0.4, -0.2) is 35.5 Å². The van der Waals surface area contributed by atoms with Crippen LogP contribution in [0.3, 0.4) is 0 Å². The van der Waals surface area contributed by atoms with Crippen LogP contribution in [0.15, 0.2) is 24.3 Å². The summed E-state index contributed by atoms with van der Waals surface area (Å²) in [5, 5.41) is 8.58. The van der Waals surface area contributed by atoms with Crippen LogP contribution in [0.25, 0.3) is 0 Å². The fraction of sp³-hybridized carbons (Fsp3) is 0.556. The molecule has 1 N–H and O–H groups in total. The van der Waals surface area contributed by atoms with Gasteiger partial charge in [-0.25, -0.2) is 4.79 Å². The molecule has 0 saturated heterocycles. The molecule has 23 heavy (non-hydrogen) atoms. The van der Waals surface area contributed by atoms with E-state index in [1.807, 2.05) is 19.2 Å². The van der Waals surface area contributed by atoms with Gasteiger partial charge in [-0.05, 0) is 30.0 Å². The van der Waals surface area contributed by atoms with E-state index < -0.39 is 5.97 Å². The molecule has 0 aromatic heterocycles. The topological polar surface area (TPSA) is 66.8 Å². The van der Waals surface area contributed by atoms with E-state index in [1.165, 1.54) is 0 Å². The maximum Gasteiger partial charge on any atom is 0.341 e. The summed E-state index contributed by atoms with van der Waals surface area (Å²) in [4.78, 5) is 24.8. The molecule has 1 amide bonds. The second kappa shape index (κ2) is 9.18. The molecule has 0 radical (unpaired) electrons. The zero-order valence-electron chi connectivity index (χ0n) is 14.4. The van der Waals surface area contributed by atoms with Crippen molar-refractivity contribution in [3.63, 3.8) is 0 Å². The Morgan fingerprint density at radius 1 is 1.22 bits per heavy atom. The van der Waals surface area contributed by atoms with Gasteiger partial charge >= 0.3 is 5.97 Å². The number of carboxylic acid groups (broad SMARTS) is 1. The molecule has 1 aromatic rings. The lowest BCUT2D eigenvalue weighted by molar-refractivity contribution is -0.139. The Balaban J connectivity index is 2.63. The molecule has 1 aromatic carbocycles. The highest BCUT2D eigenvalue weighted by molar-refractivity contribution is 5.78. The normalized spacial score (nSPS) is 12.0. The van der Waals surface area contributed by atoms with E-state index in [2.05, 4.69) is 20.8 Å². The van der Waals surface area contributed by atoms with Gasteiger partial charge in [0.15, 0.2) is 6.61 Å². The van der Waals surface area contributed by atoms with Crippen molar-refractivity contribution in [3.8, 4) is 5.75 Å². The van der Waals surface area contributed by atoms with Gasteiger partial charge in [0, 0.05) is 19.5 Å². The van der Waals surface area contributed by atoms with Crippen LogP contribution < -0.4 is 4.74 Å². The summed E-state index contributed by atoms with van der Waals surface area (Å²) in [6.45, 7) is 6.44. The summed E-state index contributed by atoms with van der Waals surface area (Å²) in [6, 6.07) is 7.15. The maximum absolute atomic E-state index is 12.6. The summed E-state index contributed by atoms with van der Waals surface area (Å²) in [5.74, 6) is 0.0687. The maximum atomic E-state index is 12.6. The molecule has 0 bridgehead atoms. The average molecular weight is 321 g/mol. The minimum atomic E-state index is -1.00. The number of carboxylic acids is 1. The average Bonchev–Trinajstić information content (AvgIpc) is 2.50. The van der Waals surface area contributed by atoms with Crippen LogP contribution in [-0.2, 0) is 16.1 Å². The highest BCUT2D eigenvalue weighted by Crippen LogP contribution is 2.21. The molecule has 0 aliphatic heterocycles. The van der Waals surface area contributed by atoms with Crippen molar-refractivity contribution in [3.05, 3.63) is 29.8 Å². The first kappa shape index (κ1) is 19.0. The smallest absolute Gasteiger partial charge is 0.341 e. The van der Waals surface area contributed by atoms with Crippen molar-refractivity contribution < 1.29 is 19.4 Å². The van der Waals surface area contributed by atoms with E-state index in [0.29, 0.717) is 18.2 Å². The lowest BCUT2D eigenvalue weighted by Crippen LogP contribution is -2.35. The van der Waals surface area contributed by atoms with Gasteiger partial charge in [-0.15, -0.1) is 0 Å². The molecule has 1 rings (SSSR count). The zero-order valence-corrected chi connectivity index (χ0v) is 14.4. The molecule has 1 unspecified atom stereocenters. The van der Waals surface area contributed by atoms with E-state index >= 15 is 0 Å². The van der Waals surface area contributed by atoms with Crippen LogP contribution in [0.5, 0.6) is 5.75 Å². The van der Waals surface area contributed by atoms with E-state index in [-0.39, 0.29) is 18.4 Å². The van der Waals surface area contributed by atoms with Crippen molar-refractivity contribution in [2.75, 3.05) is 13.7 Å². The van der Waals surface area contributed by atoms with Gasteiger partial charge < -0.3 is 14.7 Å². The minimum Gasteiger partial charge on any atom is -0.482 e. The van der Waals surface area contributed by atoms with E-state index in [9.17, 15) is 9.59 Å². The number of nitrogens with zero attached hydrogens (tertiary/aromatic N) is 1. The second-order valence-electron chi connectivity index (χ2n) is 6.16. The van der Waals surface area contributed by atoms with Crippen molar-refractivity contribution in [1.29, 1.82) is 0 Å². The Morgan fingerprint density at radius 3 is 2.30 bits per heavy atom. The quantitative estimate of drug-likeness (QED) is 0.758. The second-order valence-corrected chi connectivity index (χ2v) is 6.16. The molecule has 128 valence electrons. The minimum absolute atomic E-state index is 0.0585. The Labute approximate surface area is 138 Å². The number of aliphatic carboxylic acids is 1. The summed E-state index contributed by atoms with van der Waals surface area (Å²) in [6.07, 6.45) is 1.90. The van der Waals surface area contributed by atoms with Gasteiger partial charge in [-0.1, -0.05) is 39.3 Å². The van der Waals surface area contributed by atoms with E-state index in [4.69, 9.17) is 9.84 Å². The van der Waals surface area contributed by atoms with Crippen molar-refractivity contribution >= 4 is 11.9 Å². The Hall–Kier alpha value is -2.04. The SMILES string of the molecule is CCCC(C(=O)N(C)Cc1ccc(OCC(=O)O)cc1)C(C)C. The van der Waals surface area contributed by atoms with Gasteiger partial charge in [-0.2, -0.15) is 0 Å². The molecular weight excluding hydrogens is 294 g/mol. The Kier molecular flexibility index (Phi) is 7.59. The molecular formula is C18H27NO4. The van der Waals surface area contributed by atoms with Gasteiger partial charge in [0.2, 0.25) is 5.91 Å². The predicted octanol–water partition coefficient (Wildman–Crippen LogP) is 3.18. The molecule has 0 aliphatic rings. The van der Waals surface area contributed by atoms with Gasteiger partial charge in [0.1, 0.15) is 5.75 Å². The molecule has 0 heterocycles. The highest BCUT2D eigenvalue weighted by Gasteiger charge is 2.24. The number of rotatable bonds is 9. The van der Waals surface area contributed by atoms with Gasteiger partial charge in [-0.3, -0.25) is 4.79 Å². The number of benzene rings is 1. The van der Waals surface area contributed by atoms with Crippen LogP contribution >= 0.6 is 0 Å². The summed E-state index contributed by atoms with van der Waals surface area (Å²) in [5.41, 5.74) is 0.988. The molecule has 5 nitrogen and oxygen atoms in total. The van der Waals surface area contributed by atoms with Gasteiger partial charge in [0.05, 0.1) is 0 Å². The summed E-state index contributed by atoms with van der Waals surface area (Å²) < 4.78 is 5.10. The van der Waals surface area contributed by atoms with E-state index in [1.54, 1.807) is 17.0 Å². The summed E-state index contributed by atoms with van der Waals surface area (Å²) >= 11 is 0. The number of hydrogen-bond donors (Lipinski definition) is 1. The van der Waals surface area contributed by atoms with Crippen LogP contribution in [0.4, 0.5) is 0 Å². The van der Waals surface area contributed by atoms with E-state index in [0.717, 1.165) is 18.4 Å². The Bertz CT molecular complexity index is 510. The first-order valence-corrected chi connectivity index (χ1v) is 8.03. The van der Waals surface area contributed by atoms with Gasteiger partial charge in [0.25, 0.3) is 0 Å². The first-order valence-electron chi connectivity index (χ1n) is 8.03. The number of ether oxygens (including phenoxy) is 1. The molecule has 5 heteroatoms. The first-order chi connectivity index (χ1) is 10.8. The van der Waals surface area contributed by atoms with Crippen molar-refractivity contribution in [1.82, 2.24) is 4.90 Å². The molecule has 0 spiro atoms. The van der Waals surface area contributed by atoms with Crippen LogP contribution in [0, 0.1) is 11.8 Å². The summed E-state index contributed by atoms with van der Waals surface area (Å²) in [7, 11) is 1.82. The predicted molar refractivity (Wildman–Crippen MR) is 89.3 cm³/mol. The third-order valence-electron chi connectivity index (χ3n) is 3.80. The third kappa shape index (κ3) is 6.30. The molecule has 0 saturated carbocycles. The Morgan fingerprint density at radius 2 is 1.83 bits per heavy atom. The molecule has 1 atom stereocenters. The zero-order chi connectivity index (χ0) is 17.4. The number of hydrogen-bond acceptors (Lipinski definition) is 3. The molecule has 0 aliphatic carbocycles. The fourth-order valence-electron chi connectivity index (χ4n) is 2.52. The number of amides is 1. The van der Waals surface area contributed by atoms with Crippen molar-refractivity contribution in [2.45, 2.75) is 40.2 Å². The third-order valence-corrected chi connectivity index (χ3v) is 3.80. The monoisotopic (exact) mass is 321 g/mol. The number of carbonyl (C=O) groups is 2. The van der Waals surface area contributed by atoms with Crippen LogP contribution in [0.1, 0.15) is 39.2 Å². The largest absolute Gasteiger partial charge is 0.482 e. The standard InChI is InChI=1S/C18H27NO4/c1-5-6-16(13(2)3)18(22)19(4)11-14-7-9-15(10-8-14)23-12-17(20)21/h7-10,13,16H,5-6,11-12H2,1-4H3,(H,20,21). The van der Waals surface area contributed by atoms with Crippen molar-refractivity contribution in [2.24, 2.45) is 11.8 Å². The van der Waals surface area contributed by atoms with Crippen LogP contribution in [0.2, 0.25) is 0 Å². The lowest BCUT2D eigenvalue weighted by Gasteiger charge is -2.26. The number of carbonyl (C=O) groups excluding carboxylic acids is 1. The molecule has 0 fully saturated rings. The fourth-order valence-corrected chi connectivity index (χ4v) is 2.52. The lowest BCUT2D eigenvalue weighted by atomic mass is 9.90. The highest BCUT2D eigenvalue weighted by atomic mass is 16.5.